The minimum Gasteiger partial charge on any atom is -0.494 e. The van der Waals surface area contributed by atoms with E-state index in [9.17, 15) is 14.4 Å². The first-order chi connectivity index (χ1) is 10.0. The van der Waals surface area contributed by atoms with Crippen LogP contribution in [0.2, 0.25) is 0 Å². The third-order valence-electron chi connectivity index (χ3n) is 3.14. The lowest BCUT2D eigenvalue weighted by atomic mass is 10.1. The predicted octanol–water partition coefficient (Wildman–Crippen LogP) is 0.663. The van der Waals surface area contributed by atoms with Gasteiger partial charge in [0.1, 0.15) is 5.75 Å². The molecule has 2 N–H and O–H groups in total. The Morgan fingerprint density at radius 1 is 1.38 bits per heavy atom. The van der Waals surface area contributed by atoms with Gasteiger partial charge in [-0.15, -0.1) is 0 Å². The molecule has 0 unspecified atom stereocenters. The monoisotopic (exact) mass is 292 g/mol. The second-order valence-electron chi connectivity index (χ2n) is 4.64. The van der Waals surface area contributed by atoms with E-state index < -0.39 is 23.7 Å². The Hall–Kier alpha value is -2.57. The SMILES string of the molecule is CCOc1ccc(C(=O)NN2C[C@@H](C(=O)O)CC2=O)cc1. The van der Waals surface area contributed by atoms with E-state index in [1.165, 1.54) is 0 Å². The summed E-state index contributed by atoms with van der Waals surface area (Å²) < 4.78 is 5.27. The Morgan fingerprint density at radius 2 is 2.05 bits per heavy atom. The van der Waals surface area contributed by atoms with Gasteiger partial charge in [-0.3, -0.25) is 24.8 Å². The third-order valence-corrected chi connectivity index (χ3v) is 3.14. The molecule has 7 heteroatoms. The van der Waals surface area contributed by atoms with Gasteiger partial charge in [-0.2, -0.15) is 0 Å². The number of carboxylic acid groups (broad SMARTS) is 1. The molecule has 0 aromatic heterocycles. The molecule has 1 aliphatic rings. The first-order valence-electron chi connectivity index (χ1n) is 6.58. The number of carbonyl (C=O) groups excluding carboxylic acids is 2. The van der Waals surface area contributed by atoms with Gasteiger partial charge in [-0.1, -0.05) is 0 Å². The second kappa shape index (κ2) is 6.25. The van der Waals surface area contributed by atoms with Crippen LogP contribution in [0.25, 0.3) is 0 Å². The molecular formula is C14H16N2O5. The van der Waals surface area contributed by atoms with Crippen molar-refractivity contribution in [2.24, 2.45) is 5.92 Å². The summed E-state index contributed by atoms with van der Waals surface area (Å²) in [6.45, 7) is 2.37. The molecule has 0 bridgehead atoms. The minimum absolute atomic E-state index is 0.0169. The first kappa shape index (κ1) is 14.8. The standard InChI is InChI=1S/C14H16N2O5/c1-2-21-11-5-3-9(4-6-11)13(18)15-16-8-10(14(19)20)7-12(16)17/h3-6,10H,2,7-8H2,1H3,(H,15,18)(H,19,20)/t10-/m0/s1. The van der Waals surface area contributed by atoms with E-state index in [1.807, 2.05) is 6.92 Å². The zero-order valence-corrected chi connectivity index (χ0v) is 11.5. The van der Waals surface area contributed by atoms with E-state index in [1.54, 1.807) is 24.3 Å². The van der Waals surface area contributed by atoms with Gasteiger partial charge >= 0.3 is 5.97 Å². The molecule has 1 heterocycles. The van der Waals surface area contributed by atoms with E-state index in [0.29, 0.717) is 17.9 Å². The van der Waals surface area contributed by atoms with Gasteiger partial charge in [0, 0.05) is 12.0 Å². The summed E-state index contributed by atoms with van der Waals surface area (Å²) in [7, 11) is 0. The number of hydrazine groups is 1. The number of rotatable bonds is 5. The highest BCUT2D eigenvalue weighted by Gasteiger charge is 2.35. The maximum atomic E-state index is 12.0. The van der Waals surface area contributed by atoms with Crippen molar-refractivity contribution in [2.45, 2.75) is 13.3 Å². The molecule has 1 aromatic carbocycles. The van der Waals surface area contributed by atoms with Crippen LogP contribution in [0.1, 0.15) is 23.7 Å². The van der Waals surface area contributed by atoms with Crippen LogP contribution in [0.5, 0.6) is 5.75 Å². The summed E-state index contributed by atoms with van der Waals surface area (Å²) in [5.41, 5.74) is 2.79. The van der Waals surface area contributed by atoms with Crippen LogP contribution in [0.4, 0.5) is 0 Å². The lowest BCUT2D eigenvalue weighted by Gasteiger charge is -2.17. The largest absolute Gasteiger partial charge is 0.494 e. The van der Waals surface area contributed by atoms with Gasteiger partial charge in [-0.05, 0) is 31.2 Å². The van der Waals surface area contributed by atoms with E-state index in [0.717, 1.165) is 5.01 Å². The molecule has 1 aliphatic heterocycles. The Morgan fingerprint density at radius 3 is 2.57 bits per heavy atom. The number of amides is 2. The number of benzene rings is 1. The summed E-state index contributed by atoms with van der Waals surface area (Å²) in [6, 6.07) is 6.47. The number of carbonyl (C=O) groups is 3. The Kier molecular flexibility index (Phi) is 4.42. The molecule has 1 saturated heterocycles. The summed E-state index contributed by atoms with van der Waals surface area (Å²) >= 11 is 0. The van der Waals surface area contributed by atoms with Gasteiger partial charge in [0.2, 0.25) is 5.91 Å². The lowest BCUT2D eigenvalue weighted by Crippen LogP contribution is -2.43. The molecule has 1 atom stereocenters. The second-order valence-corrected chi connectivity index (χ2v) is 4.64. The highest BCUT2D eigenvalue weighted by Crippen LogP contribution is 2.17. The number of aliphatic carboxylic acids is 1. The summed E-state index contributed by atoms with van der Waals surface area (Å²) in [5.74, 6) is -2.03. The molecule has 21 heavy (non-hydrogen) atoms. The van der Waals surface area contributed by atoms with Crippen molar-refractivity contribution in [3.63, 3.8) is 0 Å². The van der Waals surface area contributed by atoms with Crippen molar-refractivity contribution in [3.05, 3.63) is 29.8 Å². The topological polar surface area (TPSA) is 95.9 Å². The summed E-state index contributed by atoms with van der Waals surface area (Å²) in [4.78, 5) is 34.5. The fraction of sp³-hybridized carbons (Fsp3) is 0.357. The fourth-order valence-corrected chi connectivity index (χ4v) is 2.04. The van der Waals surface area contributed by atoms with Crippen molar-refractivity contribution in [1.29, 1.82) is 0 Å². The molecule has 2 rings (SSSR count). The van der Waals surface area contributed by atoms with Crippen LogP contribution in [0.3, 0.4) is 0 Å². The molecule has 0 spiro atoms. The van der Waals surface area contributed by atoms with Crippen molar-refractivity contribution >= 4 is 17.8 Å². The first-order valence-corrected chi connectivity index (χ1v) is 6.58. The maximum Gasteiger partial charge on any atom is 0.308 e. The van der Waals surface area contributed by atoms with Crippen molar-refractivity contribution in [3.8, 4) is 5.75 Å². The lowest BCUT2D eigenvalue weighted by molar-refractivity contribution is -0.141. The summed E-state index contributed by atoms with van der Waals surface area (Å²) in [6.07, 6.45) is -0.0983. The van der Waals surface area contributed by atoms with Crippen LogP contribution in [0, 0.1) is 5.92 Å². The van der Waals surface area contributed by atoms with Crippen LogP contribution in [0.15, 0.2) is 24.3 Å². The van der Waals surface area contributed by atoms with E-state index >= 15 is 0 Å². The number of nitrogens with zero attached hydrogens (tertiary/aromatic N) is 1. The summed E-state index contributed by atoms with van der Waals surface area (Å²) in [5, 5.41) is 9.93. The van der Waals surface area contributed by atoms with Gasteiger partial charge in [0.05, 0.1) is 19.1 Å². The normalized spacial score (nSPS) is 17.7. The van der Waals surface area contributed by atoms with E-state index in [-0.39, 0.29) is 13.0 Å². The maximum absolute atomic E-state index is 12.0. The number of nitrogens with one attached hydrogen (secondary N) is 1. The highest BCUT2D eigenvalue weighted by atomic mass is 16.5. The van der Waals surface area contributed by atoms with Gasteiger partial charge in [-0.25, -0.2) is 0 Å². The molecule has 0 saturated carbocycles. The van der Waals surface area contributed by atoms with E-state index in [2.05, 4.69) is 5.43 Å². The van der Waals surface area contributed by atoms with Crippen molar-refractivity contribution in [2.75, 3.05) is 13.2 Å². The Balaban J connectivity index is 1.98. The average Bonchev–Trinajstić information content (AvgIpc) is 2.81. The molecule has 0 aliphatic carbocycles. The van der Waals surface area contributed by atoms with Gasteiger partial charge in [0.15, 0.2) is 0 Å². The van der Waals surface area contributed by atoms with E-state index in [4.69, 9.17) is 9.84 Å². The molecule has 7 nitrogen and oxygen atoms in total. The number of hydrogen-bond donors (Lipinski definition) is 2. The van der Waals surface area contributed by atoms with Crippen LogP contribution in [-0.4, -0.2) is 41.1 Å². The quantitative estimate of drug-likeness (QED) is 0.831. The number of hydrogen-bond acceptors (Lipinski definition) is 4. The minimum atomic E-state index is -1.04. The van der Waals surface area contributed by atoms with Crippen LogP contribution in [-0.2, 0) is 9.59 Å². The molecule has 1 aromatic rings. The van der Waals surface area contributed by atoms with Gasteiger partial charge < -0.3 is 9.84 Å². The molecule has 2 amide bonds. The van der Waals surface area contributed by atoms with Gasteiger partial charge in [0.25, 0.3) is 5.91 Å². The predicted molar refractivity (Wildman–Crippen MR) is 72.5 cm³/mol. The molecule has 112 valence electrons. The zero-order chi connectivity index (χ0) is 15.4. The average molecular weight is 292 g/mol. The smallest absolute Gasteiger partial charge is 0.308 e. The van der Waals surface area contributed by atoms with Crippen molar-refractivity contribution < 1.29 is 24.2 Å². The molecular weight excluding hydrogens is 276 g/mol. The fourth-order valence-electron chi connectivity index (χ4n) is 2.04. The van der Waals surface area contributed by atoms with Crippen LogP contribution >= 0.6 is 0 Å². The molecule has 0 radical (unpaired) electrons. The third kappa shape index (κ3) is 3.50. The van der Waals surface area contributed by atoms with Crippen molar-refractivity contribution in [1.82, 2.24) is 10.4 Å². The Labute approximate surface area is 121 Å². The Bertz CT molecular complexity index is 555. The van der Waals surface area contributed by atoms with Crippen LogP contribution < -0.4 is 10.2 Å². The number of carboxylic acids is 1. The zero-order valence-electron chi connectivity index (χ0n) is 11.5. The number of ether oxygens (including phenoxy) is 1. The highest BCUT2D eigenvalue weighted by molar-refractivity contribution is 5.96. The molecule has 1 fully saturated rings.